The highest BCUT2D eigenvalue weighted by Crippen LogP contribution is 2.25. The van der Waals surface area contributed by atoms with E-state index in [1.165, 1.54) is 0 Å². The van der Waals surface area contributed by atoms with Crippen LogP contribution in [0.15, 0.2) is 0 Å². The summed E-state index contributed by atoms with van der Waals surface area (Å²) >= 11 is 0. The van der Waals surface area contributed by atoms with Crippen LogP contribution in [-0.2, 0) is 10.0 Å². The van der Waals surface area contributed by atoms with Gasteiger partial charge in [-0.2, -0.15) is 4.31 Å². The quantitative estimate of drug-likeness (QED) is 0.718. The van der Waals surface area contributed by atoms with Crippen molar-refractivity contribution in [3.8, 4) is 0 Å². The highest BCUT2D eigenvalue weighted by Gasteiger charge is 2.34. The third-order valence-corrected chi connectivity index (χ3v) is 4.92. The predicted molar refractivity (Wildman–Crippen MR) is 60.1 cm³/mol. The summed E-state index contributed by atoms with van der Waals surface area (Å²) in [5.74, 6) is 0.637. The maximum atomic E-state index is 11.9. The van der Waals surface area contributed by atoms with E-state index < -0.39 is 10.0 Å². The summed E-state index contributed by atoms with van der Waals surface area (Å²) in [6, 6.07) is 0.138. The van der Waals surface area contributed by atoms with Gasteiger partial charge in [0.1, 0.15) is 0 Å². The van der Waals surface area contributed by atoms with Crippen LogP contribution in [0.2, 0.25) is 0 Å². The fourth-order valence-electron chi connectivity index (χ4n) is 2.16. The minimum atomic E-state index is -3.09. The van der Waals surface area contributed by atoms with E-state index in [-0.39, 0.29) is 18.4 Å². The minimum absolute atomic E-state index is 0.0709. The van der Waals surface area contributed by atoms with E-state index in [0.717, 1.165) is 6.42 Å². The molecule has 1 heterocycles. The van der Waals surface area contributed by atoms with Gasteiger partial charge in [-0.05, 0) is 32.1 Å². The van der Waals surface area contributed by atoms with E-state index in [1.807, 2.05) is 6.92 Å². The van der Waals surface area contributed by atoms with Crippen molar-refractivity contribution in [2.24, 2.45) is 5.92 Å². The van der Waals surface area contributed by atoms with E-state index in [1.54, 1.807) is 4.31 Å². The maximum absolute atomic E-state index is 11.9. The standard InChI is InChI=1S/C10H21NO3S/c1-9-7-10(2)11(8-9)15(13,14)6-4-3-5-12/h9-10,12H,3-8H2,1-2H3. The smallest absolute Gasteiger partial charge is 0.214 e. The van der Waals surface area contributed by atoms with Gasteiger partial charge < -0.3 is 5.11 Å². The molecule has 1 aliphatic rings. The zero-order chi connectivity index (χ0) is 11.5. The first-order valence-electron chi connectivity index (χ1n) is 5.57. The van der Waals surface area contributed by atoms with Crippen LogP contribution < -0.4 is 0 Å². The SMILES string of the molecule is CC1CC(C)N(S(=O)(=O)CCCCO)C1. The van der Waals surface area contributed by atoms with Crippen LogP contribution in [0.3, 0.4) is 0 Å². The number of hydrogen-bond acceptors (Lipinski definition) is 3. The second-order valence-corrected chi connectivity index (χ2v) is 6.55. The summed E-state index contributed by atoms with van der Waals surface area (Å²) in [7, 11) is -3.09. The van der Waals surface area contributed by atoms with Crippen LogP contribution in [0, 0.1) is 5.92 Å². The average molecular weight is 235 g/mol. The van der Waals surface area contributed by atoms with Crippen molar-refractivity contribution in [3.05, 3.63) is 0 Å². The van der Waals surface area contributed by atoms with E-state index >= 15 is 0 Å². The highest BCUT2D eigenvalue weighted by atomic mass is 32.2. The number of rotatable bonds is 5. The van der Waals surface area contributed by atoms with Gasteiger partial charge in [0, 0.05) is 19.2 Å². The molecule has 90 valence electrons. The third kappa shape index (κ3) is 3.43. The molecule has 0 aromatic heterocycles. The normalized spacial score (nSPS) is 28.5. The van der Waals surface area contributed by atoms with Gasteiger partial charge in [-0.15, -0.1) is 0 Å². The van der Waals surface area contributed by atoms with Gasteiger partial charge in [0.2, 0.25) is 10.0 Å². The van der Waals surface area contributed by atoms with E-state index in [0.29, 0.717) is 25.3 Å². The number of hydrogen-bond donors (Lipinski definition) is 1. The Morgan fingerprint density at radius 1 is 1.33 bits per heavy atom. The van der Waals surface area contributed by atoms with Gasteiger partial charge in [-0.3, -0.25) is 0 Å². The lowest BCUT2D eigenvalue weighted by atomic mass is 10.1. The summed E-state index contributed by atoms with van der Waals surface area (Å²) in [5, 5.41) is 8.61. The van der Waals surface area contributed by atoms with Crippen molar-refractivity contribution < 1.29 is 13.5 Å². The number of aliphatic hydroxyl groups excluding tert-OH is 1. The molecule has 2 atom stereocenters. The van der Waals surface area contributed by atoms with Gasteiger partial charge in [0.25, 0.3) is 0 Å². The molecule has 1 rings (SSSR count). The molecule has 0 radical (unpaired) electrons. The van der Waals surface area contributed by atoms with E-state index in [9.17, 15) is 8.42 Å². The lowest BCUT2D eigenvalue weighted by Crippen LogP contribution is -2.35. The Hall–Kier alpha value is -0.130. The first-order valence-corrected chi connectivity index (χ1v) is 7.18. The number of aliphatic hydroxyl groups is 1. The Labute approximate surface area is 92.3 Å². The fourth-order valence-corrected chi connectivity index (χ4v) is 4.08. The van der Waals surface area contributed by atoms with Gasteiger partial charge >= 0.3 is 0 Å². The Balaban J connectivity index is 2.54. The predicted octanol–water partition coefficient (Wildman–Crippen LogP) is 0.819. The molecule has 1 aliphatic heterocycles. The second-order valence-electron chi connectivity index (χ2n) is 4.51. The van der Waals surface area contributed by atoms with Crippen LogP contribution in [-0.4, -0.2) is 42.8 Å². The molecule has 2 unspecified atom stereocenters. The first-order chi connectivity index (χ1) is 6.97. The van der Waals surface area contributed by atoms with Crippen LogP contribution in [0.25, 0.3) is 0 Å². The van der Waals surface area contributed by atoms with Crippen molar-refractivity contribution in [1.29, 1.82) is 0 Å². The monoisotopic (exact) mass is 235 g/mol. The highest BCUT2D eigenvalue weighted by molar-refractivity contribution is 7.89. The van der Waals surface area contributed by atoms with Crippen molar-refractivity contribution in [3.63, 3.8) is 0 Å². The van der Waals surface area contributed by atoms with E-state index in [4.69, 9.17) is 5.11 Å². The van der Waals surface area contributed by atoms with Gasteiger partial charge in [-0.1, -0.05) is 6.92 Å². The Morgan fingerprint density at radius 2 is 2.00 bits per heavy atom. The molecule has 0 bridgehead atoms. The minimum Gasteiger partial charge on any atom is -0.396 e. The summed E-state index contributed by atoms with van der Waals surface area (Å²) in [4.78, 5) is 0. The topological polar surface area (TPSA) is 57.6 Å². The van der Waals surface area contributed by atoms with Gasteiger partial charge in [0.15, 0.2) is 0 Å². The fraction of sp³-hybridized carbons (Fsp3) is 1.00. The molecule has 1 N–H and O–H groups in total. The molecule has 4 nitrogen and oxygen atoms in total. The lowest BCUT2D eigenvalue weighted by Gasteiger charge is -2.20. The van der Waals surface area contributed by atoms with Crippen molar-refractivity contribution in [2.75, 3.05) is 18.9 Å². The molecule has 1 saturated heterocycles. The number of unbranched alkanes of at least 4 members (excludes halogenated alkanes) is 1. The first kappa shape index (κ1) is 12.9. The van der Waals surface area contributed by atoms with Crippen LogP contribution in [0.1, 0.15) is 33.1 Å². The molecule has 0 aromatic carbocycles. The Morgan fingerprint density at radius 3 is 2.47 bits per heavy atom. The second kappa shape index (κ2) is 5.27. The third-order valence-electron chi connectivity index (χ3n) is 2.89. The largest absolute Gasteiger partial charge is 0.396 e. The zero-order valence-electron chi connectivity index (χ0n) is 9.52. The number of sulfonamides is 1. The van der Waals surface area contributed by atoms with Crippen LogP contribution in [0.4, 0.5) is 0 Å². The Kier molecular flexibility index (Phi) is 4.55. The average Bonchev–Trinajstić information content (AvgIpc) is 2.46. The zero-order valence-corrected chi connectivity index (χ0v) is 10.3. The molecule has 0 spiro atoms. The molecule has 1 fully saturated rings. The van der Waals surface area contributed by atoms with E-state index in [2.05, 4.69) is 6.92 Å². The lowest BCUT2D eigenvalue weighted by molar-refractivity contribution is 0.286. The van der Waals surface area contributed by atoms with Crippen molar-refractivity contribution in [2.45, 2.75) is 39.2 Å². The molecular formula is C10H21NO3S. The molecule has 0 amide bonds. The van der Waals surface area contributed by atoms with Gasteiger partial charge in [-0.25, -0.2) is 8.42 Å². The van der Waals surface area contributed by atoms with Crippen molar-refractivity contribution in [1.82, 2.24) is 4.31 Å². The number of nitrogens with zero attached hydrogens (tertiary/aromatic N) is 1. The summed E-state index contributed by atoms with van der Waals surface area (Å²) in [5.41, 5.74) is 0. The summed E-state index contributed by atoms with van der Waals surface area (Å²) in [6.07, 6.45) is 2.08. The molecule has 0 aromatic rings. The van der Waals surface area contributed by atoms with Crippen LogP contribution in [0.5, 0.6) is 0 Å². The molecule has 15 heavy (non-hydrogen) atoms. The Bertz CT molecular complexity index is 289. The van der Waals surface area contributed by atoms with Gasteiger partial charge in [0.05, 0.1) is 5.75 Å². The van der Waals surface area contributed by atoms with Crippen LogP contribution >= 0.6 is 0 Å². The summed E-state index contributed by atoms with van der Waals surface area (Å²) in [6.45, 7) is 4.77. The maximum Gasteiger partial charge on any atom is 0.214 e. The molecular weight excluding hydrogens is 214 g/mol. The molecule has 0 aliphatic carbocycles. The van der Waals surface area contributed by atoms with Crippen molar-refractivity contribution >= 4 is 10.0 Å². The molecule has 0 saturated carbocycles. The summed E-state index contributed by atoms with van der Waals surface area (Å²) < 4.78 is 25.4. The molecule has 5 heteroatoms.